The number of carbonyl (C=O) groups is 2. The van der Waals surface area contributed by atoms with E-state index in [1.807, 2.05) is 20.8 Å². The van der Waals surface area contributed by atoms with E-state index in [1.165, 1.54) is 0 Å². The molecule has 5 aliphatic carbocycles. The quantitative estimate of drug-likeness (QED) is 0.0651. The smallest absolute Gasteiger partial charge is 0.338 e. The second-order valence-electron chi connectivity index (χ2n) is 21.3. The molecular weight excluding hydrogens is 808 g/mol. The van der Waals surface area contributed by atoms with Crippen molar-refractivity contribution in [1.82, 2.24) is 0 Å². The molecule has 9 N–H and O–H groups in total. The molecule has 16 heteroatoms. The monoisotopic (exact) mass is 882 g/mol. The van der Waals surface area contributed by atoms with Crippen LogP contribution >= 0.6 is 0 Å². The number of allylic oxidation sites excluding steroid dienone is 2. The molecule has 0 aromatic carbocycles. The van der Waals surface area contributed by atoms with Gasteiger partial charge in [-0.15, -0.1) is 0 Å². The zero-order chi connectivity index (χ0) is 45.5. The molecule has 0 spiro atoms. The predicted molar refractivity (Wildman–Crippen MR) is 219 cm³/mol. The van der Waals surface area contributed by atoms with Gasteiger partial charge in [-0.25, -0.2) is 4.79 Å². The van der Waals surface area contributed by atoms with Crippen molar-refractivity contribution in [2.24, 2.45) is 56.7 Å². The first-order valence-electron chi connectivity index (χ1n) is 23.1. The van der Waals surface area contributed by atoms with Crippen LogP contribution in [-0.2, 0) is 33.3 Å². The lowest BCUT2D eigenvalue weighted by Crippen LogP contribution is -2.68. The van der Waals surface area contributed by atoms with E-state index in [0.717, 1.165) is 24.8 Å². The first-order chi connectivity index (χ1) is 29.1. The molecule has 4 saturated carbocycles. The maximum atomic E-state index is 14.7. The Labute approximate surface area is 364 Å². The number of esters is 2. The van der Waals surface area contributed by atoms with Crippen LogP contribution in [0, 0.1) is 56.7 Å². The normalized spacial score (nSPS) is 52.6. The van der Waals surface area contributed by atoms with Gasteiger partial charge in [0.2, 0.25) is 6.29 Å². The van der Waals surface area contributed by atoms with Gasteiger partial charge in [0.25, 0.3) is 0 Å². The minimum Gasteiger partial charge on any atom is -0.464 e. The van der Waals surface area contributed by atoms with Crippen molar-refractivity contribution < 1.29 is 79.2 Å². The van der Waals surface area contributed by atoms with Crippen LogP contribution in [0.3, 0.4) is 0 Å². The summed E-state index contributed by atoms with van der Waals surface area (Å²) in [5.41, 5.74) is -1.76. The first kappa shape index (κ1) is 48.1. The SMILES string of the molecule is CCCCOC(=O)[C@H]1O[C@@H](O[C@H]2CC[C@@]3(C)[C@@H](CC[C@]4(C)[C@@H]3CC=C3[C@@H]5[C@@H](C)[C@H](C)[C@H](O)C[C@]5(C(=O)O[C@@H]5O[C@H](CO)[C@@H](O)[C@H](O)[C@H]5O)CC[C@]34C)[C@]2(C)CO)[C@H](O)[C@@H](O)[C@@H]1O. The fraction of sp³-hybridized carbons (Fsp3) is 0.913. The van der Waals surface area contributed by atoms with Gasteiger partial charge in [-0.1, -0.05) is 66.5 Å². The Balaban J connectivity index is 1.16. The van der Waals surface area contributed by atoms with Crippen LogP contribution in [0.1, 0.15) is 113 Å². The molecule has 16 nitrogen and oxygen atoms in total. The number of rotatable bonds is 10. The van der Waals surface area contributed by atoms with Crippen molar-refractivity contribution in [1.29, 1.82) is 0 Å². The zero-order valence-corrected chi connectivity index (χ0v) is 37.5. The second kappa shape index (κ2) is 17.4. The average Bonchev–Trinajstić information content (AvgIpc) is 3.24. The molecule has 0 unspecified atom stereocenters. The van der Waals surface area contributed by atoms with Gasteiger partial charge in [0.05, 0.1) is 37.4 Å². The van der Waals surface area contributed by atoms with Gasteiger partial charge < -0.3 is 69.6 Å². The number of carbonyl (C=O) groups excluding carboxylic acids is 2. The highest BCUT2D eigenvalue weighted by Crippen LogP contribution is 2.76. The number of aliphatic hydroxyl groups is 9. The summed E-state index contributed by atoms with van der Waals surface area (Å²) in [4.78, 5) is 27.6. The van der Waals surface area contributed by atoms with Gasteiger partial charge >= 0.3 is 11.9 Å². The summed E-state index contributed by atoms with van der Waals surface area (Å²) in [5.74, 6) is -2.00. The van der Waals surface area contributed by atoms with Gasteiger partial charge in [0, 0.05) is 5.41 Å². The van der Waals surface area contributed by atoms with Crippen molar-refractivity contribution in [3.63, 3.8) is 0 Å². The molecule has 354 valence electrons. The van der Waals surface area contributed by atoms with Crippen molar-refractivity contribution in [3.05, 3.63) is 11.6 Å². The third-order valence-electron chi connectivity index (χ3n) is 18.5. The number of hydrogen-bond donors (Lipinski definition) is 9. The third kappa shape index (κ3) is 7.24. The minimum atomic E-state index is -1.75. The molecular formula is C46H74O16. The molecule has 0 radical (unpaired) electrons. The highest BCUT2D eigenvalue weighted by molar-refractivity contribution is 5.79. The summed E-state index contributed by atoms with van der Waals surface area (Å²) < 4.78 is 29.2. The van der Waals surface area contributed by atoms with Gasteiger partial charge in [0.1, 0.15) is 42.7 Å². The molecule has 7 aliphatic rings. The van der Waals surface area contributed by atoms with E-state index in [0.29, 0.717) is 38.5 Å². The van der Waals surface area contributed by atoms with Crippen LogP contribution in [0.2, 0.25) is 0 Å². The van der Waals surface area contributed by atoms with E-state index in [-0.39, 0.29) is 65.5 Å². The molecule has 2 aliphatic heterocycles. The predicted octanol–water partition coefficient (Wildman–Crippen LogP) is 1.47. The third-order valence-corrected chi connectivity index (χ3v) is 18.5. The number of ether oxygens (including phenoxy) is 5. The molecule has 2 saturated heterocycles. The van der Waals surface area contributed by atoms with Crippen LogP contribution in [0.4, 0.5) is 0 Å². The molecule has 22 atom stereocenters. The van der Waals surface area contributed by atoms with Gasteiger partial charge in [-0.2, -0.15) is 0 Å². The standard InChI is InChI=1S/C46H74O16/c1-8-9-18-58-38(56)37-34(53)33(52)36(55)40(61-37)60-29-13-14-42(4)27(43(29,5)21-48)12-15-45(7)28(42)11-10-24-30-23(3)22(2)25(49)19-46(30,17-16-44(24,45)6)41(57)62-39-35(54)32(51)31(50)26(20-47)59-39/h10,22-23,25-37,39-40,47-55H,8-9,11-21H2,1-7H3/t22-,23-,25+,26+,27+,28+,29-,30-,31+,32-,33-,34-,35+,36+,37-,39-,40+,42-,43-,44+,45+,46+/m0/s1. The summed E-state index contributed by atoms with van der Waals surface area (Å²) in [5, 5.41) is 96.8. The molecule has 2 heterocycles. The Morgan fingerprint density at radius 2 is 1.47 bits per heavy atom. The molecule has 0 amide bonds. The summed E-state index contributed by atoms with van der Waals surface area (Å²) >= 11 is 0. The number of aliphatic hydroxyl groups excluding tert-OH is 9. The molecule has 0 aromatic rings. The molecule has 62 heavy (non-hydrogen) atoms. The minimum absolute atomic E-state index is 0.0404. The maximum Gasteiger partial charge on any atom is 0.338 e. The molecule has 0 aromatic heterocycles. The average molecular weight is 883 g/mol. The first-order valence-corrected chi connectivity index (χ1v) is 23.1. The van der Waals surface area contributed by atoms with Crippen LogP contribution in [0.5, 0.6) is 0 Å². The summed E-state index contributed by atoms with van der Waals surface area (Å²) in [6, 6.07) is 0. The summed E-state index contributed by atoms with van der Waals surface area (Å²) in [6.07, 6.45) is -9.22. The fourth-order valence-electron chi connectivity index (χ4n) is 14.2. The summed E-state index contributed by atoms with van der Waals surface area (Å²) in [6.45, 7) is 14.2. The van der Waals surface area contributed by atoms with Crippen molar-refractivity contribution in [2.75, 3.05) is 19.8 Å². The van der Waals surface area contributed by atoms with E-state index < -0.39 is 103 Å². The Morgan fingerprint density at radius 1 is 0.790 bits per heavy atom. The van der Waals surface area contributed by atoms with E-state index in [1.54, 1.807) is 0 Å². The lowest BCUT2D eigenvalue weighted by molar-refractivity contribution is -0.328. The topological polar surface area (TPSA) is 262 Å². The molecule has 6 fully saturated rings. The molecule has 0 bridgehead atoms. The van der Waals surface area contributed by atoms with Gasteiger partial charge in [-0.05, 0) is 104 Å². The second-order valence-corrected chi connectivity index (χ2v) is 21.3. The fourth-order valence-corrected chi connectivity index (χ4v) is 14.2. The Kier molecular flexibility index (Phi) is 13.5. The number of fused-ring (bicyclic) bond motifs is 7. The van der Waals surface area contributed by atoms with Crippen LogP contribution in [0.15, 0.2) is 11.6 Å². The maximum absolute atomic E-state index is 14.7. The lowest BCUT2D eigenvalue weighted by atomic mass is 9.33. The van der Waals surface area contributed by atoms with Crippen LogP contribution in [0.25, 0.3) is 0 Å². The molecule has 7 rings (SSSR count). The van der Waals surface area contributed by atoms with Crippen molar-refractivity contribution in [2.45, 2.75) is 186 Å². The number of hydrogen-bond acceptors (Lipinski definition) is 16. The highest BCUT2D eigenvalue weighted by atomic mass is 16.7. The van der Waals surface area contributed by atoms with E-state index in [9.17, 15) is 55.5 Å². The van der Waals surface area contributed by atoms with E-state index >= 15 is 0 Å². The lowest BCUT2D eigenvalue weighted by Gasteiger charge is -2.71. The highest BCUT2D eigenvalue weighted by Gasteiger charge is 2.71. The Morgan fingerprint density at radius 3 is 2.13 bits per heavy atom. The van der Waals surface area contributed by atoms with Crippen molar-refractivity contribution >= 4 is 11.9 Å². The summed E-state index contributed by atoms with van der Waals surface area (Å²) in [7, 11) is 0. The Bertz CT molecular complexity index is 1680. The largest absolute Gasteiger partial charge is 0.464 e. The van der Waals surface area contributed by atoms with Gasteiger partial charge in [-0.3, -0.25) is 4.79 Å². The zero-order valence-electron chi connectivity index (χ0n) is 37.5. The van der Waals surface area contributed by atoms with E-state index in [2.05, 4.69) is 33.8 Å². The van der Waals surface area contributed by atoms with Crippen LogP contribution in [-0.4, -0.2) is 151 Å². The Hall–Kier alpha value is -1.80. The van der Waals surface area contributed by atoms with Crippen LogP contribution < -0.4 is 0 Å². The number of unbranched alkanes of at least 4 members (excludes halogenated alkanes) is 1. The van der Waals surface area contributed by atoms with E-state index in [4.69, 9.17) is 23.7 Å². The van der Waals surface area contributed by atoms with Gasteiger partial charge in [0.15, 0.2) is 12.4 Å². The van der Waals surface area contributed by atoms with Crippen molar-refractivity contribution in [3.8, 4) is 0 Å².